The predicted octanol–water partition coefficient (Wildman–Crippen LogP) is 2.19. The van der Waals surface area contributed by atoms with Crippen molar-refractivity contribution >= 4 is 17.4 Å². The van der Waals surface area contributed by atoms with Gasteiger partial charge in [0.05, 0.1) is 0 Å². The maximum atomic E-state index is 5.96. The minimum Gasteiger partial charge on any atom is -0.369 e. The fraction of sp³-hybridized carbons (Fsp3) is 0.667. The number of hydrogen-bond donors (Lipinski definition) is 1. The van der Waals surface area contributed by atoms with Crippen LogP contribution < -0.4 is 5.32 Å². The van der Waals surface area contributed by atoms with Gasteiger partial charge in [-0.25, -0.2) is 9.97 Å². The molecule has 5 heteroatoms. The minimum absolute atomic E-state index is 0.533. The van der Waals surface area contributed by atoms with Crippen LogP contribution in [-0.4, -0.2) is 41.5 Å². The fourth-order valence-electron chi connectivity index (χ4n) is 2.11. The topological polar surface area (TPSA) is 41.1 Å². The Morgan fingerprint density at radius 2 is 2.12 bits per heavy atom. The van der Waals surface area contributed by atoms with Gasteiger partial charge in [-0.3, -0.25) is 0 Å². The Morgan fingerprint density at radius 3 is 2.82 bits per heavy atom. The van der Waals surface area contributed by atoms with E-state index in [1.807, 2.05) is 6.92 Å². The molecule has 4 nitrogen and oxygen atoms in total. The van der Waals surface area contributed by atoms with Crippen LogP contribution in [0, 0.1) is 12.8 Å². The molecule has 94 valence electrons. The third-order valence-corrected chi connectivity index (χ3v) is 3.80. The summed E-state index contributed by atoms with van der Waals surface area (Å²) in [6.07, 6.45) is 4.01. The Kier molecular flexibility index (Phi) is 4.18. The average molecular weight is 255 g/mol. The van der Waals surface area contributed by atoms with Gasteiger partial charge in [-0.2, -0.15) is 0 Å². The van der Waals surface area contributed by atoms with Gasteiger partial charge in [-0.1, -0.05) is 11.6 Å². The number of hydrogen-bond acceptors (Lipinski definition) is 4. The number of nitrogens with zero attached hydrogens (tertiary/aromatic N) is 3. The highest BCUT2D eigenvalue weighted by molar-refractivity contribution is 6.30. The Labute approximate surface area is 107 Å². The quantitative estimate of drug-likeness (QED) is 0.840. The number of piperidine rings is 1. The predicted molar refractivity (Wildman–Crippen MR) is 70.5 cm³/mol. The first kappa shape index (κ1) is 12.6. The van der Waals surface area contributed by atoms with Gasteiger partial charge in [-0.05, 0) is 45.8 Å². The standard InChI is InChI=1S/C12H19ClN4/c1-9-11(13)15-8-16-12(9)14-7-10-3-5-17(2)6-4-10/h8,10H,3-7H2,1-2H3,(H,14,15,16). The summed E-state index contributed by atoms with van der Waals surface area (Å²) in [5.41, 5.74) is 0.932. The lowest BCUT2D eigenvalue weighted by atomic mass is 9.97. The molecule has 1 aromatic rings. The van der Waals surface area contributed by atoms with Crippen molar-refractivity contribution in [2.45, 2.75) is 19.8 Å². The molecule has 1 aromatic heterocycles. The van der Waals surface area contributed by atoms with Gasteiger partial charge in [0.15, 0.2) is 0 Å². The van der Waals surface area contributed by atoms with Crippen LogP contribution in [0.15, 0.2) is 6.33 Å². The molecule has 0 bridgehead atoms. The van der Waals surface area contributed by atoms with Crippen molar-refractivity contribution in [3.63, 3.8) is 0 Å². The van der Waals surface area contributed by atoms with Crippen LogP contribution in [0.2, 0.25) is 5.15 Å². The van der Waals surface area contributed by atoms with Gasteiger partial charge in [-0.15, -0.1) is 0 Å². The van der Waals surface area contributed by atoms with E-state index in [4.69, 9.17) is 11.6 Å². The van der Waals surface area contributed by atoms with Crippen molar-refractivity contribution in [3.05, 3.63) is 17.0 Å². The molecule has 0 spiro atoms. The molecule has 0 aromatic carbocycles. The lowest BCUT2D eigenvalue weighted by Gasteiger charge is -2.29. The van der Waals surface area contributed by atoms with E-state index in [-0.39, 0.29) is 0 Å². The van der Waals surface area contributed by atoms with Crippen molar-refractivity contribution in [1.29, 1.82) is 0 Å². The maximum absolute atomic E-state index is 5.96. The molecule has 0 unspecified atom stereocenters. The normalized spacial score (nSPS) is 18.3. The van der Waals surface area contributed by atoms with Gasteiger partial charge in [0.2, 0.25) is 0 Å². The summed E-state index contributed by atoms with van der Waals surface area (Å²) < 4.78 is 0. The summed E-state index contributed by atoms with van der Waals surface area (Å²) in [6.45, 7) is 5.30. The second-order valence-electron chi connectivity index (χ2n) is 4.77. The molecule has 0 saturated carbocycles. The summed E-state index contributed by atoms with van der Waals surface area (Å²) >= 11 is 5.96. The molecule has 17 heavy (non-hydrogen) atoms. The lowest BCUT2D eigenvalue weighted by Crippen LogP contribution is -2.33. The second-order valence-corrected chi connectivity index (χ2v) is 5.12. The van der Waals surface area contributed by atoms with Crippen LogP contribution in [0.1, 0.15) is 18.4 Å². The number of likely N-dealkylation sites (tertiary alicyclic amines) is 1. The third kappa shape index (κ3) is 3.30. The Morgan fingerprint density at radius 1 is 1.41 bits per heavy atom. The van der Waals surface area contributed by atoms with Crippen molar-refractivity contribution in [3.8, 4) is 0 Å². The molecule has 0 radical (unpaired) electrons. The number of nitrogens with one attached hydrogen (secondary N) is 1. The van der Waals surface area contributed by atoms with E-state index < -0.39 is 0 Å². The van der Waals surface area contributed by atoms with E-state index in [0.717, 1.165) is 23.8 Å². The number of anilines is 1. The molecular formula is C12H19ClN4. The van der Waals surface area contributed by atoms with Crippen LogP contribution in [0.5, 0.6) is 0 Å². The van der Waals surface area contributed by atoms with Crippen LogP contribution in [-0.2, 0) is 0 Å². The highest BCUT2D eigenvalue weighted by atomic mass is 35.5. The van der Waals surface area contributed by atoms with E-state index in [9.17, 15) is 0 Å². The van der Waals surface area contributed by atoms with Gasteiger partial charge in [0, 0.05) is 12.1 Å². The summed E-state index contributed by atoms with van der Waals surface area (Å²) in [5.74, 6) is 1.60. The molecule has 2 heterocycles. The maximum Gasteiger partial charge on any atom is 0.137 e. The summed E-state index contributed by atoms with van der Waals surface area (Å²) in [5, 5.41) is 3.92. The highest BCUT2D eigenvalue weighted by Crippen LogP contribution is 2.20. The van der Waals surface area contributed by atoms with Crippen LogP contribution >= 0.6 is 11.6 Å². The largest absolute Gasteiger partial charge is 0.369 e. The lowest BCUT2D eigenvalue weighted by molar-refractivity contribution is 0.226. The SMILES string of the molecule is Cc1c(Cl)ncnc1NCC1CCN(C)CC1. The second kappa shape index (κ2) is 5.65. The van der Waals surface area contributed by atoms with Crippen molar-refractivity contribution in [2.75, 3.05) is 32.0 Å². The van der Waals surface area contributed by atoms with E-state index in [2.05, 4.69) is 27.2 Å². The first-order valence-corrected chi connectivity index (χ1v) is 6.44. The van der Waals surface area contributed by atoms with Gasteiger partial charge < -0.3 is 10.2 Å². The Hall–Kier alpha value is -0.870. The number of aromatic nitrogens is 2. The van der Waals surface area contributed by atoms with E-state index in [0.29, 0.717) is 5.15 Å². The third-order valence-electron chi connectivity index (χ3n) is 3.42. The molecule has 1 fully saturated rings. The zero-order valence-electron chi connectivity index (χ0n) is 10.4. The zero-order valence-corrected chi connectivity index (χ0v) is 11.2. The van der Waals surface area contributed by atoms with Gasteiger partial charge in [0.1, 0.15) is 17.3 Å². The van der Waals surface area contributed by atoms with Crippen LogP contribution in [0.25, 0.3) is 0 Å². The number of halogens is 1. The summed E-state index contributed by atoms with van der Waals surface area (Å²) in [7, 11) is 2.18. The van der Waals surface area contributed by atoms with Gasteiger partial charge in [0.25, 0.3) is 0 Å². The summed E-state index contributed by atoms with van der Waals surface area (Å²) in [4.78, 5) is 10.6. The molecule has 0 atom stereocenters. The summed E-state index contributed by atoms with van der Waals surface area (Å²) in [6, 6.07) is 0. The van der Waals surface area contributed by atoms with Crippen molar-refractivity contribution < 1.29 is 0 Å². The average Bonchev–Trinajstić information content (AvgIpc) is 2.33. The zero-order chi connectivity index (χ0) is 12.3. The Bertz CT molecular complexity index is 375. The molecular weight excluding hydrogens is 236 g/mol. The smallest absolute Gasteiger partial charge is 0.137 e. The van der Waals surface area contributed by atoms with Crippen molar-refractivity contribution in [1.82, 2.24) is 14.9 Å². The van der Waals surface area contributed by atoms with E-state index >= 15 is 0 Å². The first-order chi connectivity index (χ1) is 8.16. The van der Waals surface area contributed by atoms with E-state index in [1.54, 1.807) is 0 Å². The minimum atomic E-state index is 0.533. The molecule has 1 saturated heterocycles. The van der Waals surface area contributed by atoms with Crippen molar-refractivity contribution in [2.24, 2.45) is 5.92 Å². The molecule has 2 rings (SSSR count). The monoisotopic (exact) mass is 254 g/mol. The van der Waals surface area contributed by atoms with Crippen LogP contribution in [0.3, 0.4) is 0 Å². The number of rotatable bonds is 3. The molecule has 1 aliphatic heterocycles. The Balaban J connectivity index is 1.87. The molecule has 0 aliphatic carbocycles. The molecule has 1 aliphatic rings. The molecule has 0 amide bonds. The van der Waals surface area contributed by atoms with Crippen LogP contribution in [0.4, 0.5) is 5.82 Å². The first-order valence-electron chi connectivity index (χ1n) is 6.06. The molecule has 1 N–H and O–H groups in total. The fourth-order valence-corrected chi connectivity index (χ4v) is 2.25. The van der Waals surface area contributed by atoms with E-state index in [1.165, 1.54) is 32.3 Å². The highest BCUT2D eigenvalue weighted by Gasteiger charge is 2.16. The van der Waals surface area contributed by atoms with Gasteiger partial charge >= 0.3 is 0 Å².